The summed E-state index contributed by atoms with van der Waals surface area (Å²) in [7, 11) is 0. The molecule has 5 nitrogen and oxygen atoms in total. The molecular formula is C18H24N4OS. The number of amides is 1. The minimum Gasteiger partial charge on any atom is -0.399 e. The number of carbonyl (C=O) groups excluding carboxylic acids is 1. The maximum Gasteiger partial charge on any atom is 0.257 e. The van der Waals surface area contributed by atoms with Gasteiger partial charge in [0.25, 0.3) is 5.91 Å². The van der Waals surface area contributed by atoms with Gasteiger partial charge in [0.05, 0.1) is 5.69 Å². The van der Waals surface area contributed by atoms with Crippen LogP contribution >= 0.6 is 11.3 Å². The smallest absolute Gasteiger partial charge is 0.257 e. The molecule has 1 aromatic carbocycles. The Morgan fingerprint density at radius 2 is 2.33 bits per heavy atom. The predicted octanol–water partition coefficient (Wildman–Crippen LogP) is 3.52. The number of hydrogen-bond donors (Lipinski definition) is 2. The number of benzene rings is 1. The van der Waals surface area contributed by atoms with Gasteiger partial charge in [0, 0.05) is 29.7 Å². The van der Waals surface area contributed by atoms with Crippen molar-refractivity contribution in [3.63, 3.8) is 0 Å². The Balaban J connectivity index is 1.63. The van der Waals surface area contributed by atoms with Crippen LogP contribution in [0.25, 0.3) is 0 Å². The number of nitrogens with two attached hydrogens (primary N) is 1. The van der Waals surface area contributed by atoms with E-state index in [9.17, 15) is 4.79 Å². The number of hydrogen-bond acceptors (Lipinski definition) is 5. The van der Waals surface area contributed by atoms with Crippen LogP contribution in [0.1, 0.15) is 41.4 Å². The molecule has 1 amide bonds. The third-order valence-electron chi connectivity index (χ3n) is 4.41. The highest BCUT2D eigenvalue weighted by molar-refractivity contribution is 7.14. The zero-order chi connectivity index (χ0) is 17.1. The van der Waals surface area contributed by atoms with Crippen molar-refractivity contribution in [3.05, 3.63) is 40.4 Å². The van der Waals surface area contributed by atoms with Crippen LogP contribution in [0, 0.1) is 12.8 Å². The van der Waals surface area contributed by atoms with E-state index in [0.717, 1.165) is 36.8 Å². The van der Waals surface area contributed by atoms with E-state index in [2.05, 4.69) is 22.1 Å². The molecule has 2 aromatic rings. The molecule has 0 saturated carbocycles. The first-order valence-corrected chi connectivity index (χ1v) is 9.23. The van der Waals surface area contributed by atoms with E-state index in [1.807, 2.05) is 18.4 Å². The molecule has 0 radical (unpaired) electrons. The Morgan fingerprint density at radius 3 is 3.12 bits per heavy atom. The summed E-state index contributed by atoms with van der Waals surface area (Å²) in [6.45, 7) is 7.31. The SMILES string of the molecule is Cc1ccc(N)cc1C(=O)Nc1nc(CN2CCCC(C)C2)cs1. The first-order valence-electron chi connectivity index (χ1n) is 8.35. The first-order chi connectivity index (χ1) is 11.5. The van der Waals surface area contributed by atoms with Crippen LogP contribution in [0.5, 0.6) is 0 Å². The molecule has 6 heteroatoms. The molecule has 3 N–H and O–H groups in total. The Labute approximate surface area is 146 Å². The quantitative estimate of drug-likeness (QED) is 0.833. The highest BCUT2D eigenvalue weighted by Crippen LogP contribution is 2.22. The fourth-order valence-electron chi connectivity index (χ4n) is 3.15. The molecular weight excluding hydrogens is 320 g/mol. The molecule has 1 aliphatic rings. The number of rotatable bonds is 4. The summed E-state index contributed by atoms with van der Waals surface area (Å²) < 4.78 is 0. The van der Waals surface area contributed by atoms with Crippen LogP contribution in [0.2, 0.25) is 0 Å². The largest absolute Gasteiger partial charge is 0.399 e. The molecule has 2 heterocycles. The van der Waals surface area contributed by atoms with Crippen LogP contribution in [-0.4, -0.2) is 28.9 Å². The molecule has 1 atom stereocenters. The average Bonchev–Trinajstić information content (AvgIpc) is 2.96. The molecule has 1 aliphatic heterocycles. The van der Waals surface area contributed by atoms with Crippen molar-refractivity contribution < 1.29 is 4.79 Å². The van der Waals surface area contributed by atoms with Gasteiger partial charge in [0.2, 0.25) is 0 Å². The van der Waals surface area contributed by atoms with Crippen molar-refractivity contribution in [2.75, 3.05) is 24.1 Å². The highest BCUT2D eigenvalue weighted by atomic mass is 32.1. The minimum absolute atomic E-state index is 0.160. The van der Waals surface area contributed by atoms with E-state index < -0.39 is 0 Å². The zero-order valence-electron chi connectivity index (χ0n) is 14.2. The summed E-state index contributed by atoms with van der Waals surface area (Å²) in [4.78, 5) is 19.4. The minimum atomic E-state index is -0.160. The highest BCUT2D eigenvalue weighted by Gasteiger charge is 2.18. The van der Waals surface area contributed by atoms with Crippen molar-refractivity contribution in [1.29, 1.82) is 0 Å². The summed E-state index contributed by atoms with van der Waals surface area (Å²) in [5, 5.41) is 5.56. The number of nitrogen functional groups attached to an aromatic ring is 1. The Bertz CT molecular complexity index is 728. The van der Waals surface area contributed by atoms with Gasteiger partial charge in [0.15, 0.2) is 5.13 Å². The predicted molar refractivity (Wildman–Crippen MR) is 99.3 cm³/mol. The average molecular weight is 344 g/mol. The van der Waals surface area contributed by atoms with E-state index in [4.69, 9.17) is 5.73 Å². The topological polar surface area (TPSA) is 71.2 Å². The van der Waals surface area contributed by atoms with Crippen molar-refractivity contribution >= 4 is 28.1 Å². The van der Waals surface area contributed by atoms with Gasteiger partial charge in [-0.2, -0.15) is 0 Å². The van der Waals surface area contributed by atoms with Gasteiger partial charge in [-0.05, 0) is 49.9 Å². The summed E-state index contributed by atoms with van der Waals surface area (Å²) in [6, 6.07) is 5.36. The number of aryl methyl sites for hydroxylation is 1. The monoisotopic (exact) mass is 344 g/mol. The summed E-state index contributed by atoms with van der Waals surface area (Å²) in [5.41, 5.74) is 8.89. The molecule has 1 aromatic heterocycles. The number of piperidine rings is 1. The van der Waals surface area contributed by atoms with Crippen molar-refractivity contribution in [1.82, 2.24) is 9.88 Å². The lowest BCUT2D eigenvalue weighted by atomic mass is 10.0. The van der Waals surface area contributed by atoms with Gasteiger partial charge in [0.1, 0.15) is 0 Å². The molecule has 1 unspecified atom stereocenters. The van der Waals surface area contributed by atoms with Crippen molar-refractivity contribution in [2.24, 2.45) is 5.92 Å². The summed E-state index contributed by atoms with van der Waals surface area (Å²) in [5.74, 6) is 0.593. The van der Waals surface area contributed by atoms with E-state index in [1.165, 1.54) is 24.2 Å². The number of nitrogens with zero attached hydrogens (tertiary/aromatic N) is 2. The maximum atomic E-state index is 12.4. The number of aromatic nitrogens is 1. The Morgan fingerprint density at radius 1 is 1.50 bits per heavy atom. The molecule has 1 saturated heterocycles. The second-order valence-corrected chi connectivity index (χ2v) is 7.51. The Hall–Kier alpha value is -1.92. The van der Waals surface area contributed by atoms with Crippen LogP contribution in [0.15, 0.2) is 23.6 Å². The molecule has 0 spiro atoms. The molecule has 3 rings (SSSR count). The standard InChI is InChI=1S/C18H24N4OS/c1-12-4-3-7-22(9-12)10-15-11-24-18(20-15)21-17(23)16-8-14(19)6-5-13(16)2/h5-6,8,11-12H,3-4,7,9-10,19H2,1-2H3,(H,20,21,23). The van der Waals surface area contributed by atoms with Gasteiger partial charge < -0.3 is 5.73 Å². The number of likely N-dealkylation sites (tertiary alicyclic amines) is 1. The van der Waals surface area contributed by atoms with Gasteiger partial charge in [-0.25, -0.2) is 4.98 Å². The molecule has 1 fully saturated rings. The number of thiazole rings is 1. The molecule has 24 heavy (non-hydrogen) atoms. The normalized spacial score (nSPS) is 18.5. The number of nitrogens with one attached hydrogen (secondary N) is 1. The molecule has 0 bridgehead atoms. The van der Waals surface area contributed by atoms with Gasteiger partial charge >= 0.3 is 0 Å². The van der Waals surface area contributed by atoms with Crippen LogP contribution in [0.3, 0.4) is 0 Å². The second-order valence-electron chi connectivity index (χ2n) is 6.65. The lowest BCUT2D eigenvalue weighted by molar-refractivity contribution is 0.102. The van der Waals surface area contributed by atoms with Gasteiger partial charge in [-0.1, -0.05) is 13.0 Å². The van der Waals surface area contributed by atoms with E-state index >= 15 is 0 Å². The number of carbonyl (C=O) groups is 1. The third-order valence-corrected chi connectivity index (χ3v) is 5.21. The van der Waals surface area contributed by atoms with Crippen LogP contribution in [-0.2, 0) is 6.54 Å². The van der Waals surface area contributed by atoms with Gasteiger partial charge in [-0.3, -0.25) is 15.0 Å². The fourth-order valence-corrected chi connectivity index (χ4v) is 3.84. The first kappa shape index (κ1) is 16.9. The maximum absolute atomic E-state index is 12.4. The Kier molecular flexibility index (Phi) is 5.16. The van der Waals surface area contributed by atoms with Gasteiger partial charge in [-0.15, -0.1) is 11.3 Å². The van der Waals surface area contributed by atoms with E-state index in [1.54, 1.807) is 12.1 Å². The zero-order valence-corrected chi connectivity index (χ0v) is 15.0. The fraction of sp³-hybridized carbons (Fsp3) is 0.444. The second kappa shape index (κ2) is 7.32. The van der Waals surface area contributed by atoms with E-state index in [-0.39, 0.29) is 5.91 Å². The lowest BCUT2D eigenvalue weighted by Crippen LogP contribution is -2.33. The molecule has 128 valence electrons. The van der Waals surface area contributed by atoms with Crippen LogP contribution in [0.4, 0.5) is 10.8 Å². The lowest BCUT2D eigenvalue weighted by Gasteiger charge is -2.30. The van der Waals surface area contributed by atoms with Crippen molar-refractivity contribution in [3.8, 4) is 0 Å². The number of anilines is 2. The summed E-state index contributed by atoms with van der Waals surface area (Å²) in [6.07, 6.45) is 2.57. The van der Waals surface area contributed by atoms with Crippen LogP contribution < -0.4 is 11.1 Å². The third kappa shape index (κ3) is 4.13. The summed E-state index contributed by atoms with van der Waals surface area (Å²) >= 11 is 1.47. The van der Waals surface area contributed by atoms with Crippen molar-refractivity contribution in [2.45, 2.75) is 33.2 Å². The van der Waals surface area contributed by atoms with E-state index in [0.29, 0.717) is 16.4 Å². The molecule has 0 aliphatic carbocycles.